The van der Waals surface area contributed by atoms with E-state index in [4.69, 9.17) is 11.6 Å². The minimum atomic E-state index is 0.539. The largest absolute Gasteiger partial charge is 0.292 e. The van der Waals surface area contributed by atoms with E-state index in [0.717, 1.165) is 27.6 Å². The molecule has 98 valence electrons. The monoisotopic (exact) mass is 310 g/mol. The van der Waals surface area contributed by atoms with E-state index in [9.17, 15) is 0 Å². The molecule has 0 radical (unpaired) electrons. The lowest BCUT2D eigenvalue weighted by molar-refractivity contribution is 0.310. The van der Waals surface area contributed by atoms with Gasteiger partial charge in [0.2, 0.25) is 0 Å². The van der Waals surface area contributed by atoms with Gasteiger partial charge in [-0.1, -0.05) is 11.6 Å². The highest BCUT2D eigenvalue weighted by molar-refractivity contribution is 7.17. The van der Waals surface area contributed by atoms with Crippen molar-refractivity contribution in [3.05, 3.63) is 39.0 Å². The summed E-state index contributed by atoms with van der Waals surface area (Å²) in [5, 5.41) is 5.59. The van der Waals surface area contributed by atoms with E-state index in [0.29, 0.717) is 11.7 Å². The zero-order valence-corrected chi connectivity index (χ0v) is 12.6. The number of nitrogens with zero attached hydrogens (tertiary/aromatic N) is 4. The summed E-state index contributed by atoms with van der Waals surface area (Å²) in [5.74, 6) is 0.745. The van der Waals surface area contributed by atoms with E-state index in [2.05, 4.69) is 19.9 Å². The minimum absolute atomic E-state index is 0.539. The molecule has 3 aromatic rings. The van der Waals surface area contributed by atoms with Gasteiger partial charge in [-0.25, -0.2) is 15.0 Å². The smallest absolute Gasteiger partial charge is 0.150 e. The van der Waals surface area contributed by atoms with E-state index in [-0.39, 0.29) is 0 Å². The molecule has 3 heterocycles. The Morgan fingerprint density at radius 2 is 2.11 bits per heavy atom. The second-order valence-corrected chi connectivity index (χ2v) is 6.42. The van der Waals surface area contributed by atoms with Crippen molar-refractivity contribution in [1.29, 1.82) is 0 Å². The number of rotatable bonds is 4. The van der Waals surface area contributed by atoms with E-state index < -0.39 is 0 Å². The third-order valence-electron chi connectivity index (χ3n) is 2.61. The van der Waals surface area contributed by atoms with Gasteiger partial charge in [0.25, 0.3) is 0 Å². The Labute approximate surface area is 123 Å². The first-order valence-electron chi connectivity index (χ1n) is 5.69. The van der Waals surface area contributed by atoms with Crippen molar-refractivity contribution in [2.45, 2.75) is 13.1 Å². The number of hydrogen-bond donors (Lipinski definition) is 0. The molecule has 0 aliphatic rings. The molecule has 4 nitrogen and oxygen atoms in total. The molecule has 0 fully saturated rings. The molecule has 3 rings (SSSR count). The van der Waals surface area contributed by atoms with E-state index >= 15 is 0 Å². The van der Waals surface area contributed by atoms with Crippen molar-refractivity contribution in [2.75, 3.05) is 7.05 Å². The van der Waals surface area contributed by atoms with Gasteiger partial charge in [0.15, 0.2) is 5.15 Å². The van der Waals surface area contributed by atoms with E-state index in [1.54, 1.807) is 22.7 Å². The lowest BCUT2D eigenvalue weighted by atomic mass is 10.4. The first-order valence-corrected chi connectivity index (χ1v) is 7.82. The zero-order valence-electron chi connectivity index (χ0n) is 10.2. The van der Waals surface area contributed by atoms with Crippen LogP contribution in [-0.2, 0) is 13.1 Å². The number of halogens is 1. The van der Waals surface area contributed by atoms with Crippen LogP contribution < -0.4 is 0 Å². The normalized spacial score (nSPS) is 11.5. The topological polar surface area (TPSA) is 41.9 Å². The fourth-order valence-electron chi connectivity index (χ4n) is 1.80. The first-order chi connectivity index (χ1) is 9.22. The van der Waals surface area contributed by atoms with Crippen molar-refractivity contribution >= 4 is 44.5 Å². The van der Waals surface area contributed by atoms with Gasteiger partial charge in [0.05, 0.1) is 23.3 Å². The number of hydrogen-bond acceptors (Lipinski definition) is 6. The molecule has 0 bridgehead atoms. The molecule has 7 heteroatoms. The second kappa shape index (κ2) is 5.50. The number of thiophene rings is 1. The fourth-order valence-corrected chi connectivity index (χ4v) is 3.54. The molecule has 19 heavy (non-hydrogen) atoms. The van der Waals surface area contributed by atoms with Gasteiger partial charge < -0.3 is 0 Å². The SMILES string of the molecule is CN(Cc1nc(Cl)c2sccc2n1)Cc1nccs1. The number of thiazole rings is 1. The molecule has 0 N–H and O–H groups in total. The molecule has 0 aliphatic heterocycles. The summed E-state index contributed by atoms with van der Waals surface area (Å²) in [7, 11) is 2.02. The fraction of sp³-hybridized carbons (Fsp3) is 0.250. The van der Waals surface area contributed by atoms with Gasteiger partial charge in [-0.05, 0) is 18.5 Å². The number of fused-ring (bicyclic) bond motifs is 1. The minimum Gasteiger partial charge on any atom is -0.292 e. The predicted molar refractivity (Wildman–Crippen MR) is 79.7 cm³/mol. The average molecular weight is 311 g/mol. The van der Waals surface area contributed by atoms with Gasteiger partial charge in [-0.2, -0.15) is 0 Å². The van der Waals surface area contributed by atoms with E-state index in [1.807, 2.05) is 30.1 Å². The zero-order chi connectivity index (χ0) is 13.2. The molecule has 0 spiro atoms. The molecular formula is C12H11ClN4S2. The molecule has 0 aliphatic carbocycles. The average Bonchev–Trinajstić information content (AvgIpc) is 2.99. The molecule has 0 unspecified atom stereocenters. The highest BCUT2D eigenvalue weighted by Gasteiger charge is 2.10. The van der Waals surface area contributed by atoms with Crippen molar-refractivity contribution in [2.24, 2.45) is 0 Å². The Balaban J connectivity index is 1.77. The van der Waals surface area contributed by atoms with Crippen LogP contribution in [-0.4, -0.2) is 26.9 Å². The quantitative estimate of drug-likeness (QED) is 0.692. The maximum Gasteiger partial charge on any atom is 0.150 e. The van der Waals surface area contributed by atoms with Crippen LogP contribution in [0.4, 0.5) is 0 Å². The van der Waals surface area contributed by atoms with Crippen LogP contribution in [0.15, 0.2) is 23.0 Å². The summed E-state index contributed by atoms with van der Waals surface area (Å²) in [6.07, 6.45) is 1.82. The third kappa shape index (κ3) is 2.92. The standard InChI is InChI=1S/C12H11ClN4S2/c1-17(7-10-14-3-5-18-10)6-9-15-8-2-4-19-11(8)12(13)16-9/h2-5H,6-7H2,1H3. The van der Waals surface area contributed by atoms with Crippen molar-refractivity contribution in [3.63, 3.8) is 0 Å². The van der Waals surface area contributed by atoms with Gasteiger partial charge in [0, 0.05) is 11.6 Å². The Bertz CT molecular complexity index is 680. The Kier molecular flexibility index (Phi) is 3.74. The van der Waals surface area contributed by atoms with Crippen LogP contribution in [0.2, 0.25) is 5.15 Å². The lowest BCUT2D eigenvalue weighted by Crippen LogP contribution is -2.18. The van der Waals surface area contributed by atoms with Crippen molar-refractivity contribution < 1.29 is 0 Å². The molecular weight excluding hydrogens is 300 g/mol. The number of aromatic nitrogens is 3. The summed E-state index contributed by atoms with van der Waals surface area (Å²) in [4.78, 5) is 15.3. The maximum atomic E-state index is 6.16. The van der Waals surface area contributed by atoms with Crippen molar-refractivity contribution in [1.82, 2.24) is 19.9 Å². The summed E-state index contributed by atoms with van der Waals surface area (Å²) in [6.45, 7) is 1.45. The molecule has 0 amide bonds. The highest BCUT2D eigenvalue weighted by atomic mass is 35.5. The Morgan fingerprint density at radius 1 is 1.21 bits per heavy atom. The van der Waals surface area contributed by atoms with Crippen molar-refractivity contribution in [3.8, 4) is 0 Å². The van der Waals surface area contributed by atoms with Crippen LogP contribution >= 0.6 is 34.3 Å². The summed E-state index contributed by atoms with van der Waals surface area (Å²) in [6, 6.07) is 1.97. The highest BCUT2D eigenvalue weighted by Crippen LogP contribution is 2.25. The Morgan fingerprint density at radius 3 is 2.89 bits per heavy atom. The van der Waals surface area contributed by atoms with Crippen LogP contribution in [0.3, 0.4) is 0 Å². The molecule has 0 saturated carbocycles. The Hall–Kier alpha value is -1.08. The molecule has 3 aromatic heterocycles. The molecule has 0 atom stereocenters. The second-order valence-electron chi connectivity index (χ2n) is 4.16. The summed E-state index contributed by atoms with van der Waals surface area (Å²) >= 11 is 9.38. The van der Waals surface area contributed by atoms with Gasteiger partial charge in [-0.3, -0.25) is 4.90 Å². The first kappa shape index (κ1) is 12.9. The van der Waals surface area contributed by atoms with Crippen LogP contribution in [0, 0.1) is 0 Å². The third-order valence-corrected chi connectivity index (χ3v) is 4.67. The van der Waals surface area contributed by atoms with Gasteiger partial charge in [-0.15, -0.1) is 22.7 Å². The summed E-state index contributed by atoms with van der Waals surface area (Å²) < 4.78 is 0.952. The maximum absolute atomic E-state index is 6.16. The van der Waals surface area contributed by atoms with Crippen LogP contribution in [0.1, 0.15) is 10.8 Å². The molecule has 0 aromatic carbocycles. The molecule has 0 saturated heterocycles. The van der Waals surface area contributed by atoms with Gasteiger partial charge in [0.1, 0.15) is 10.8 Å². The van der Waals surface area contributed by atoms with E-state index in [1.165, 1.54) is 0 Å². The predicted octanol–water partition coefficient (Wildman–Crippen LogP) is 3.43. The summed E-state index contributed by atoms with van der Waals surface area (Å²) in [5.41, 5.74) is 0.919. The van der Waals surface area contributed by atoms with Crippen LogP contribution in [0.25, 0.3) is 10.2 Å². The van der Waals surface area contributed by atoms with Crippen LogP contribution in [0.5, 0.6) is 0 Å². The van der Waals surface area contributed by atoms with Gasteiger partial charge >= 0.3 is 0 Å². The lowest BCUT2D eigenvalue weighted by Gasteiger charge is -2.13.